The standard InChI is InChI=1S/C19H25N5O2S/c1-14(25)24(12-15-4-10-27-13-15)16-11-19(16)5-8-23(9-6-19)18(26)21-17-3-7-20-22(17)2/h3-4,7,10,13,16H,5-6,8-9,11-12H2,1-2H3,(H,21,26). The van der Waals surface area contributed by atoms with E-state index < -0.39 is 0 Å². The summed E-state index contributed by atoms with van der Waals surface area (Å²) in [5.41, 5.74) is 1.38. The van der Waals surface area contributed by atoms with Crippen molar-refractivity contribution >= 4 is 29.1 Å². The topological polar surface area (TPSA) is 70.5 Å². The maximum atomic E-state index is 12.5. The predicted octanol–water partition coefficient (Wildman–Crippen LogP) is 2.92. The Hall–Kier alpha value is -2.35. The summed E-state index contributed by atoms with van der Waals surface area (Å²) < 4.78 is 1.65. The molecule has 0 bridgehead atoms. The highest BCUT2D eigenvalue weighted by Gasteiger charge is 2.58. The monoisotopic (exact) mass is 387 g/mol. The molecular formula is C19H25N5O2S. The molecule has 7 nitrogen and oxygen atoms in total. The van der Waals surface area contributed by atoms with Crippen molar-refractivity contribution in [2.75, 3.05) is 18.4 Å². The third-order valence-electron chi connectivity index (χ3n) is 5.96. The third-order valence-corrected chi connectivity index (χ3v) is 6.69. The summed E-state index contributed by atoms with van der Waals surface area (Å²) in [6.45, 7) is 3.81. The van der Waals surface area contributed by atoms with Gasteiger partial charge in [-0.15, -0.1) is 0 Å². The first kappa shape index (κ1) is 18.0. The minimum Gasteiger partial charge on any atom is -0.335 e. The van der Waals surface area contributed by atoms with Crippen LogP contribution >= 0.6 is 11.3 Å². The molecule has 144 valence electrons. The van der Waals surface area contributed by atoms with Gasteiger partial charge in [-0.05, 0) is 47.1 Å². The van der Waals surface area contributed by atoms with E-state index in [4.69, 9.17) is 0 Å². The lowest BCUT2D eigenvalue weighted by Crippen LogP contribution is -2.44. The molecule has 1 aliphatic heterocycles. The van der Waals surface area contributed by atoms with Gasteiger partial charge in [0.25, 0.3) is 0 Å². The summed E-state index contributed by atoms with van der Waals surface area (Å²) in [4.78, 5) is 28.6. The molecule has 1 saturated carbocycles. The Morgan fingerprint density at radius 1 is 1.37 bits per heavy atom. The third kappa shape index (κ3) is 3.58. The zero-order chi connectivity index (χ0) is 19.0. The number of aromatic nitrogens is 2. The number of nitrogens with zero attached hydrogens (tertiary/aromatic N) is 4. The van der Waals surface area contributed by atoms with Crippen LogP contribution in [0, 0.1) is 5.41 Å². The van der Waals surface area contributed by atoms with Crippen molar-refractivity contribution < 1.29 is 9.59 Å². The van der Waals surface area contributed by atoms with Crippen molar-refractivity contribution in [1.82, 2.24) is 19.6 Å². The fourth-order valence-corrected chi connectivity index (χ4v) is 4.82. The van der Waals surface area contributed by atoms with Gasteiger partial charge in [-0.3, -0.25) is 14.8 Å². The number of aryl methyl sites for hydroxylation is 1. The summed E-state index contributed by atoms with van der Waals surface area (Å²) in [6.07, 6.45) is 4.61. The largest absolute Gasteiger partial charge is 0.335 e. The van der Waals surface area contributed by atoms with Gasteiger partial charge in [-0.2, -0.15) is 16.4 Å². The second-order valence-corrected chi connectivity index (χ2v) is 8.40. The Labute approximate surface area is 162 Å². The van der Waals surface area contributed by atoms with Crippen LogP contribution in [0.25, 0.3) is 0 Å². The molecule has 8 heteroatoms. The van der Waals surface area contributed by atoms with E-state index in [0.717, 1.165) is 32.4 Å². The van der Waals surface area contributed by atoms with Gasteiger partial charge in [-0.1, -0.05) is 0 Å². The van der Waals surface area contributed by atoms with E-state index in [9.17, 15) is 9.59 Å². The summed E-state index contributed by atoms with van der Waals surface area (Å²) >= 11 is 1.66. The summed E-state index contributed by atoms with van der Waals surface area (Å²) in [5, 5.41) is 11.1. The van der Waals surface area contributed by atoms with Crippen molar-refractivity contribution in [3.8, 4) is 0 Å². The molecule has 1 spiro atoms. The first-order valence-corrected chi connectivity index (χ1v) is 10.2. The molecule has 0 radical (unpaired) electrons. The summed E-state index contributed by atoms with van der Waals surface area (Å²) in [6, 6.07) is 4.10. The quantitative estimate of drug-likeness (QED) is 0.877. The normalized spacial score (nSPS) is 20.5. The van der Waals surface area contributed by atoms with Crippen molar-refractivity contribution in [3.05, 3.63) is 34.7 Å². The van der Waals surface area contributed by atoms with Crippen LogP contribution < -0.4 is 5.32 Å². The number of urea groups is 1. The minimum absolute atomic E-state index is 0.0765. The van der Waals surface area contributed by atoms with E-state index >= 15 is 0 Å². The van der Waals surface area contributed by atoms with Crippen LogP contribution in [0.1, 0.15) is 31.7 Å². The number of anilines is 1. The second-order valence-electron chi connectivity index (χ2n) is 7.62. The molecule has 2 aliphatic rings. The van der Waals surface area contributed by atoms with Crippen LogP contribution in [0.2, 0.25) is 0 Å². The van der Waals surface area contributed by atoms with Gasteiger partial charge in [0.05, 0.1) is 6.20 Å². The van der Waals surface area contributed by atoms with Gasteiger partial charge in [0.2, 0.25) is 5.91 Å². The Kier molecular flexibility index (Phi) is 4.67. The Morgan fingerprint density at radius 3 is 2.74 bits per heavy atom. The van der Waals surface area contributed by atoms with Crippen molar-refractivity contribution in [2.24, 2.45) is 12.5 Å². The number of nitrogens with one attached hydrogen (secondary N) is 1. The van der Waals surface area contributed by atoms with Crippen LogP contribution in [-0.4, -0.2) is 50.6 Å². The first-order valence-electron chi connectivity index (χ1n) is 9.31. The number of hydrogen-bond donors (Lipinski definition) is 1. The molecule has 2 aromatic rings. The maximum absolute atomic E-state index is 12.5. The van der Waals surface area contributed by atoms with E-state index in [1.165, 1.54) is 5.56 Å². The number of piperidine rings is 1. The molecule has 1 aliphatic carbocycles. The SMILES string of the molecule is CC(=O)N(Cc1ccsc1)C1CC12CCN(C(=O)Nc1ccnn1C)CC2. The van der Waals surface area contributed by atoms with Gasteiger partial charge in [0.1, 0.15) is 5.82 Å². The average molecular weight is 388 g/mol. The summed E-state index contributed by atoms with van der Waals surface area (Å²) in [5.74, 6) is 0.836. The summed E-state index contributed by atoms with van der Waals surface area (Å²) in [7, 11) is 1.80. The lowest BCUT2D eigenvalue weighted by molar-refractivity contribution is -0.130. The van der Waals surface area contributed by atoms with E-state index in [1.54, 1.807) is 42.3 Å². The fourth-order valence-electron chi connectivity index (χ4n) is 4.16. The zero-order valence-corrected chi connectivity index (χ0v) is 16.5. The predicted molar refractivity (Wildman–Crippen MR) is 104 cm³/mol. The molecular weight excluding hydrogens is 362 g/mol. The molecule has 2 fully saturated rings. The molecule has 0 aromatic carbocycles. The van der Waals surface area contributed by atoms with Crippen molar-refractivity contribution in [3.63, 3.8) is 0 Å². The van der Waals surface area contributed by atoms with Crippen LogP contribution in [0.4, 0.5) is 10.6 Å². The molecule has 3 amide bonds. The molecule has 27 heavy (non-hydrogen) atoms. The fraction of sp³-hybridized carbons (Fsp3) is 0.526. The van der Waals surface area contributed by atoms with Crippen LogP contribution in [-0.2, 0) is 18.4 Å². The first-order chi connectivity index (χ1) is 13.0. The number of amides is 3. The Morgan fingerprint density at radius 2 is 2.15 bits per heavy atom. The van der Waals surface area contributed by atoms with Crippen LogP contribution in [0.15, 0.2) is 29.1 Å². The van der Waals surface area contributed by atoms with Gasteiger partial charge < -0.3 is 9.80 Å². The smallest absolute Gasteiger partial charge is 0.322 e. The molecule has 1 N–H and O–H groups in total. The molecule has 1 atom stereocenters. The highest BCUT2D eigenvalue weighted by atomic mass is 32.1. The number of carbonyl (C=O) groups excluding carboxylic acids is 2. The van der Waals surface area contributed by atoms with E-state index in [0.29, 0.717) is 18.4 Å². The van der Waals surface area contributed by atoms with Gasteiger partial charge in [0, 0.05) is 45.7 Å². The second kappa shape index (κ2) is 6.99. The highest BCUT2D eigenvalue weighted by Crippen LogP contribution is 2.57. The molecule has 4 rings (SSSR count). The number of hydrogen-bond acceptors (Lipinski definition) is 4. The molecule has 1 unspecified atom stereocenters. The van der Waals surface area contributed by atoms with Crippen molar-refractivity contribution in [2.45, 2.75) is 38.8 Å². The van der Waals surface area contributed by atoms with Crippen LogP contribution in [0.3, 0.4) is 0 Å². The lowest BCUT2D eigenvalue weighted by atomic mass is 9.92. The Bertz CT molecular complexity index is 823. The van der Waals surface area contributed by atoms with Crippen molar-refractivity contribution in [1.29, 1.82) is 0 Å². The molecule has 2 aromatic heterocycles. The minimum atomic E-state index is -0.0765. The number of rotatable bonds is 4. The van der Waals surface area contributed by atoms with Gasteiger partial charge >= 0.3 is 6.03 Å². The maximum Gasteiger partial charge on any atom is 0.322 e. The van der Waals surface area contributed by atoms with Crippen LogP contribution in [0.5, 0.6) is 0 Å². The van der Waals surface area contributed by atoms with E-state index in [2.05, 4.69) is 27.2 Å². The average Bonchev–Trinajstić information content (AvgIpc) is 3.00. The lowest BCUT2D eigenvalue weighted by Gasteiger charge is -2.34. The van der Waals surface area contributed by atoms with E-state index in [-0.39, 0.29) is 17.4 Å². The molecule has 3 heterocycles. The highest BCUT2D eigenvalue weighted by molar-refractivity contribution is 7.07. The van der Waals surface area contributed by atoms with E-state index in [1.807, 2.05) is 9.80 Å². The Balaban J connectivity index is 1.34. The van der Waals surface area contributed by atoms with Gasteiger partial charge in [-0.25, -0.2) is 4.79 Å². The van der Waals surface area contributed by atoms with Gasteiger partial charge in [0.15, 0.2) is 0 Å². The number of thiophene rings is 1. The number of likely N-dealkylation sites (tertiary alicyclic amines) is 1. The molecule has 1 saturated heterocycles. The number of carbonyl (C=O) groups is 2. The zero-order valence-electron chi connectivity index (χ0n) is 15.7.